The van der Waals surface area contributed by atoms with Crippen LogP contribution < -0.4 is 15.4 Å². The highest BCUT2D eigenvalue weighted by Gasteiger charge is 2.21. The van der Waals surface area contributed by atoms with Crippen molar-refractivity contribution < 1.29 is 17.9 Å². The van der Waals surface area contributed by atoms with Gasteiger partial charge >= 0.3 is 0 Å². The summed E-state index contributed by atoms with van der Waals surface area (Å²) in [5, 5.41) is 13.0. The fraction of sp³-hybridized carbons (Fsp3) is 0.375. The Hall–Kier alpha value is -2.10. The van der Waals surface area contributed by atoms with Crippen LogP contribution in [0.5, 0.6) is 5.75 Å². The maximum Gasteiger partial charge on any atom is 0.276 e. The Morgan fingerprint density at radius 2 is 2.19 bits per heavy atom. The number of hydrogen-bond acceptors (Lipinski definition) is 6. The van der Waals surface area contributed by atoms with Gasteiger partial charge in [-0.3, -0.25) is 9.89 Å². The Morgan fingerprint density at radius 3 is 2.96 bits per heavy atom. The summed E-state index contributed by atoms with van der Waals surface area (Å²) in [6.45, 7) is 1.54. The largest absolute Gasteiger partial charge is 0.492 e. The van der Waals surface area contributed by atoms with Crippen molar-refractivity contribution in [2.24, 2.45) is 0 Å². The van der Waals surface area contributed by atoms with E-state index >= 15 is 0 Å². The molecule has 0 saturated heterocycles. The third kappa shape index (κ3) is 5.20. The van der Waals surface area contributed by atoms with E-state index in [1.807, 2.05) is 0 Å². The molecule has 1 aromatic heterocycles. The van der Waals surface area contributed by atoms with Crippen LogP contribution in [0.15, 0.2) is 24.3 Å². The molecule has 0 saturated carbocycles. The number of carbonyl (C=O) groups is 1. The minimum absolute atomic E-state index is 0. The highest BCUT2D eigenvalue weighted by Crippen LogP contribution is 2.20. The molecule has 2 heterocycles. The number of aromatic nitrogens is 2. The number of nitrogens with zero attached hydrogens (tertiary/aromatic N) is 1. The molecule has 0 unspecified atom stereocenters. The first-order chi connectivity index (χ1) is 11.9. The van der Waals surface area contributed by atoms with Crippen molar-refractivity contribution in [2.45, 2.75) is 13.0 Å². The molecule has 0 fully saturated rings. The highest BCUT2D eigenvalue weighted by molar-refractivity contribution is 7.90. The molecule has 8 nitrogen and oxygen atoms in total. The number of aromatic amines is 1. The maximum absolute atomic E-state index is 12.5. The van der Waals surface area contributed by atoms with Crippen LogP contribution in [0, 0.1) is 0 Å². The molecule has 0 spiro atoms. The highest BCUT2D eigenvalue weighted by atomic mass is 35.5. The quantitative estimate of drug-likeness (QED) is 0.670. The van der Waals surface area contributed by atoms with E-state index in [0.29, 0.717) is 23.7 Å². The molecule has 1 amide bonds. The lowest BCUT2D eigenvalue weighted by molar-refractivity contribution is 0.102. The fourth-order valence-corrected chi connectivity index (χ4v) is 2.96. The van der Waals surface area contributed by atoms with Crippen LogP contribution in [0.4, 0.5) is 5.69 Å². The summed E-state index contributed by atoms with van der Waals surface area (Å²) >= 11 is 0. The van der Waals surface area contributed by atoms with Crippen molar-refractivity contribution in [3.63, 3.8) is 0 Å². The zero-order valence-corrected chi connectivity index (χ0v) is 15.9. The Morgan fingerprint density at radius 1 is 1.38 bits per heavy atom. The second-order valence-electron chi connectivity index (χ2n) is 5.92. The van der Waals surface area contributed by atoms with E-state index < -0.39 is 9.84 Å². The zero-order valence-electron chi connectivity index (χ0n) is 14.2. The number of sulfone groups is 1. The van der Waals surface area contributed by atoms with Gasteiger partial charge in [-0.1, -0.05) is 6.07 Å². The number of anilines is 1. The van der Waals surface area contributed by atoms with Gasteiger partial charge in [0.1, 0.15) is 12.4 Å². The fourth-order valence-electron chi connectivity index (χ4n) is 2.58. The van der Waals surface area contributed by atoms with Crippen LogP contribution in [0.1, 0.15) is 21.7 Å². The monoisotopic (exact) mass is 400 g/mol. The average Bonchev–Trinajstić information content (AvgIpc) is 2.98. The van der Waals surface area contributed by atoms with Gasteiger partial charge in [-0.2, -0.15) is 5.10 Å². The van der Waals surface area contributed by atoms with Gasteiger partial charge in [-0.15, -0.1) is 12.4 Å². The van der Waals surface area contributed by atoms with Crippen LogP contribution in [-0.2, 0) is 22.8 Å². The lowest BCUT2D eigenvalue weighted by atomic mass is 10.1. The second kappa shape index (κ2) is 8.52. The molecule has 1 aliphatic heterocycles. The van der Waals surface area contributed by atoms with Gasteiger partial charge < -0.3 is 15.4 Å². The third-order valence-corrected chi connectivity index (χ3v) is 4.74. The molecule has 2 aromatic rings. The number of rotatable bonds is 6. The summed E-state index contributed by atoms with van der Waals surface area (Å²) in [7, 11) is -3.07. The summed E-state index contributed by atoms with van der Waals surface area (Å²) < 4.78 is 27.7. The number of H-pyrrole nitrogens is 1. The van der Waals surface area contributed by atoms with Crippen molar-refractivity contribution in [3.8, 4) is 5.75 Å². The van der Waals surface area contributed by atoms with Crippen molar-refractivity contribution in [2.75, 3.05) is 30.5 Å². The Labute approximate surface area is 158 Å². The Bertz CT molecular complexity index is 882. The summed E-state index contributed by atoms with van der Waals surface area (Å²) in [6.07, 6.45) is 1.98. The van der Waals surface area contributed by atoms with Crippen molar-refractivity contribution in [1.82, 2.24) is 15.5 Å². The molecule has 26 heavy (non-hydrogen) atoms. The molecule has 0 atom stereocenters. The number of ether oxygens (including phenoxy) is 1. The van der Waals surface area contributed by atoms with Crippen LogP contribution >= 0.6 is 12.4 Å². The molecule has 3 rings (SSSR count). The number of hydrogen-bond donors (Lipinski definition) is 3. The SMILES string of the molecule is CS(=O)(=O)CCOc1cccc(NC(=O)c2n[nH]c3c2CNCC3)c1.Cl. The molecule has 142 valence electrons. The van der Waals surface area contributed by atoms with Gasteiger partial charge in [-0.05, 0) is 12.1 Å². The number of nitrogens with one attached hydrogen (secondary N) is 3. The minimum atomic E-state index is -3.07. The molecule has 1 aromatic carbocycles. The van der Waals surface area contributed by atoms with Gasteiger partial charge in [0, 0.05) is 48.8 Å². The average molecular weight is 401 g/mol. The standard InChI is InChI=1S/C16H20N4O4S.ClH/c1-25(22,23)8-7-24-12-4-2-3-11(9-12)18-16(21)15-13-10-17-6-5-14(13)19-20-15;/h2-4,9,17H,5-8,10H2,1H3,(H,18,21)(H,19,20);1H. The lowest BCUT2D eigenvalue weighted by Crippen LogP contribution is -2.25. The summed E-state index contributed by atoms with van der Waals surface area (Å²) in [6, 6.07) is 6.82. The first kappa shape index (κ1) is 20.2. The number of halogens is 1. The second-order valence-corrected chi connectivity index (χ2v) is 8.18. The normalized spacial score (nSPS) is 13.4. The maximum atomic E-state index is 12.5. The molecule has 0 aliphatic carbocycles. The number of amides is 1. The first-order valence-corrected chi connectivity index (χ1v) is 9.97. The topological polar surface area (TPSA) is 113 Å². The predicted molar refractivity (Wildman–Crippen MR) is 101 cm³/mol. The molecule has 0 bridgehead atoms. The van der Waals surface area contributed by atoms with Gasteiger partial charge in [0.05, 0.1) is 5.75 Å². The summed E-state index contributed by atoms with van der Waals surface area (Å²) in [5.74, 6) is 0.136. The van der Waals surface area contributed by atoms with Gasteiger partial charge in [0.25, 0.3) is 5.91 Å². The predicted octanol–water partition coefficient (Wildman–Crippen LogP) is 1.15. The Balaban J connectivity index is 0.00000243. The van der Waals surface area contributed by atoms with Gasteiger partial charge in [-0.25, -0.2) is 8.42 Å². The van der Waals surface area contributed by atoms with Crippen LogP contribution in [0.25, 0.3) is 0 Å². The molecule has 0 radical (unpaired) electrons. The molecule has 10 heteroatoms. The van der Waals surface area contributed by atoms with Crippen molar-refractivity contribution in [3.05, 3.63) is 41.2 Å². The number of fused-ring (bicyclic) bond motifs is 1. The molecule has 1 aliphatic rings. The van der Waals surface area contributed by atoms with E-state index in [-0.39, 0.29) is 30.7 Å². The molecular formula is C16H21ClN4O4S. The van der Waals surface area contributed by atoms with Crippen LogP contribution in [0.3, 0.4) is 0 Å². The van der Waals surface area contributed by atoms with E-state index in [4.69, 9.17) is 4.74 Å². The summed E-state index contributed by atoms with van der Waals surface area (Å²) in [5.41, 5.74) is 2.82. The van der Waals surface area contributed by atoms with Crippen molar-refractivity contribution in [1.29, 1.82) is 0 Å². The lowest BCUT2D eigenvalue weighted by Gasteiger charge is -2.13. The van der Waals surface area contributed by atoms with Crippen LogP contribution in [0.2, 0.25) is 0 Å². The van der Waals surface area contributed by atoms with E-state index in [1.54, 1.807) is 24.3 Å². The third-order valence-electron chi connectivity index (χ3n) is 3.84. The van der Waals surface area contributed by atoms with Crippen LogP contribution in [-0.4, -0.2) is 49.7 Å². The van der Waals surface area contributed by atoms with E-state index in [1.165, 1.54) is 0 Å². The zero-order chi connectivity index (χ0) is 17.9. The van der Waals surface area contributed by atoms with E-state index in [9.17, 15) is 13.2 Å². The van der Waals surface area contributed by atoms with Crippen molar-refractivity contribution >= 4 is 33.8 Å². The molecule has 3 N–H and O–H groups in total. The number of carbonyl (C=O) groups excluding carboxylic acids is 1. The Kier molecular flexibility index (Phi) is 6.63. The van der Waals surface area contributed by atoms with E-state index in [2.05, 4.69) is 20.8 Å². The van der Waals surface area contributed by atoms with Gasteiger partial charge in [0.2, 0.25) is 0 Å². The molecular weight excluding hydrogens is 380 g/mol. The summed E-state index contributed by atoms with van der Waals surface area (Å²) in [4.78, 5) is 12.5. The van der Waals surface area contributed by atoms with Gasteiger partial charge in [0.15, 0.2) is 15.5 Å². The minimum Gasteiger partial charge on any atom is -0.492 e. The smallest absolute Gasteiger partial charge is 0.276 e. The number of benzene rings is 1. The first-order valence-electron chi connectivity index (χ1n) is 7.91. The van der Waals surface area contributed by atoms with E-state index in [0.717, 1.165) is 30.5 Å².